The molecule has 0 spiro atoms. The van der Waals surface area contributed by atoms with Crippen LogP contribution in [0.5, 0.6) is 5.75 Å². The summed E-state index contributed by atoms with van der Waals surface area (Å²) >= 11 is 11.8. The molecule has 0 saturated heterocycles. The van der Waals surface area contributed by atoms with Gasteiger partial charge in [-0.1, -0.05) is 41.4 Å². The predicted molar refractivity (Wildman–Crippen MR) is 98.5 cm³/mol. The topological polar surface area (TPSA) is 67.4 Å². The van der Waals surface area contributed by atoms with Crippen LogP contribution in [0.1, 0.15) is 15.9 Å². The maximum Gasteiger partial charge on any atom is 0.253 e. The fourth-order valence-electron chi connectivity index (χ4n) is 2.24. The molecule has 0 aliphatic carbocycles. The summed E-state index contributed by atoms with van der Waals surface area (Å²) < 4.78 is 5.26. The lowest BCUT2D eigenvalue weighted by molar-refractivity contribution is -0.120. The Balaban J connectivity index is 1.78. The van der Waals surface area contributed by atoms with Crippen molar-refractivity contribution in [2.24, 2.45) is 0 Å². The molecule has 132 valence electrons. The summed E-state index contributed by atoms with van der Waals surface area (Å²) in [7, 11) is 1.61. The first kappa shape index (κ1) is 19.1. The first-order valence-electron chi connectivity index (χ1n) is 7.63. The number of carbonyl (C=O) groups excluding carboxylic acids is 2. The second-order valence-electron chi connectivity index (χ2n) is 5.22. The van der Waals surface area contributed by atoms with Gasteiger partial charge in [-0.25, -0.2) is 0 Å². The van der Waals surface area contributed by atoms with Crippen LogP contribution in [0.15, 0.2) is 42.5 Å². The molecule has 2 amide bonds. The van der Waals surface area contributed by atoms with Crippen molar-refractivity contribution < 1.29 is 14.3 Å². The van der Waals surface area contributed by atoms with Gasteiger partial charge in [-0.05, 0) is 36.2 Å². The number of amides is 2. The molecule has 2 aromatic rings. The molecule has 2 rings (SSSR count). The highest BCUT2D eigenvalue weighted by atomic mass is 35.5. The summed E-state index contributed by atoms with van der Waals surface area (Å²) in [6, 6.07) is 12.2. The van der Waals surface area contributed by atoms with Gasteiger partial charge in [0.05, 0.1) is 24.2 Å². The molecule has 2 N–H and O–H groups in total. The molecule has 0 aliphatic rings. The average molecular weight is 381 g/mol. The van der Waals surface area contributed by atoms with Crippen molar-refractivity contribution in [2.75, 3.05) is 20.2 Å². The van der Waals surface area contributed by atoms with Crippen molar-refractivity contribution in [2.45, 2.75) is 6.42 Å². The first-order chi connectivity index (χ1) is 12.0. The van der Waals surface area contributed by atoms with Crippen LogP contribution < -0.4 is 15.4 Å². The maximum atomic E-state index is 12.0. The average Bonchev–Trinajstić information content (AvgIpc) is 2.60. The van der Waals surface area contributed by atoms with E-state index >= 15 is 0 Å². The van der Waals surface area contributed by atoms with Crippen molar-refractivity contribution in [3.05, 3.63) is 63.6 Å². The highest BCUT2D eigenvalue weighted by Crippen LogP contribution is 2.20. The third kappa shape index (κ3) is 5.66. The van der Waals surface area contributed by atoms with E-state index in [1.807, 2.05) is 24.3 Å². The van der Waals surface area contributed by atoms with E-state index in [1.165, 1.54) is 12.1 Å². The lowest BCUT2D eigenvalue weighted by Crippen LogP contribution is -2.37. The largest absolute Gasteiger partial charge is 0.496 e. The van der Waals surface area contributed by atoms with Crippen LogP contribution in [-0.2, 0) is 11.2 Å². The molecule has 0 fully saturated rings. The Hall–Kier alpha value is -2.24. The van der Waals surface area contributed by atoms with Crippen LogP contribution in [0.3, 0.4) is 0 Å². The lowest BCUT2D eigenvalue weighted by Gasteiger charge is -2.10. The molecule has 0 unspecified atom stereocenters. The number of benzene rings is 2. The van der Waals surface area contributed by atoms with Crippen LogP contribution in [-0.4, -0.2) is 32.0 Å². The predicted octanol–water partition coefficient (Wildman–Crippen LogP) is 3.09. The van der Waals surface area contributed by atoms with Gasteiger partial charge in [0.1, 0.15) is 5.75 Å². The first-order valence-corrected chi connectivity index (χ1v) is 8.38. The minimum atomic E-state index is -0.429. The van der Waals surface area contributed by atoms with Gasteiger partial charge in [-0.2, -0.15) is 0 Å². The number of hydrogen-bond donors (Lipinski definition) is 2. The Bertz CT molecular complexity index is 766. The van der Waals surface area contributed by atoms with Gasteiger partial charge in [0.2, 0.25) is 5.91 Å². The fraction of sp³-hybridized carbons (Fsp3) is 0.222. The van der Waals surface area contributed by atoms with Gasteiger partial charge < -0.3 is 15.4 Å². The van der Waals surface area contributed by atoms with Crippen molar-refractivity contribution in [3.63, 3.8) is 0 Å². The van der Waals surface area contributed by atoms with Gasteiger partial charge in [0, 0.05) is 11.6 Å². The highest BCUT2D eigenvalue weighted by molar-refractivity contribution is 6.36. The summed E-state index contributed by atoms with van der Waals surface area (Å²) in [5, 5.41) is 5.95. The van der Waals surface area contributed by atoms with Crippen LogP contribution >= 0.6 is 23.2 Å². The van der Waals surface area contributed by atoms with Crippen molar-refractivity contribution in [3.8, 4) is 5.75 Å². The van der Waals surface area contributed by atoms with Crippen LogP contribution in [0.2, 0.25) is 10.0 Å². The van der Waals surface area contributed by atoms with Crippen LogP contribution in [0.4, 0.5) is 0 Å². The minimum Gasteiger partial charge on any atom is -0.496 e. The summed E-state index contributed by atoms with van der Waals surface area (Å²) in [4.78, 5) is 23.9. The Morgan fingerprint density at radius 1 is 1.08 bits per heavy atom. The van der Waals surface area contributed by atoms with Gasteiger partial charge in [0.25, 0.3) is 5.91 Å². The highest BCUT2D eigenvalue weighted by Gasteiger charge is 2.12. The number of carbonyl (C=O) groups is 2. The van der Waals surface area contributed by atoms with E-state index in [0.29, 0.717) is 18.0 Å². The minimum absolute atomic E-state index is 0.135. The van der Waals surface area contributed by atoms with E-state index in [4.69, 9.17) is 27.9 Å². The zero-order valence-corrected chi connectivity index (χ0v) is 15.2. The summed E-state index contributed by atoms with van der Waals surface area (Å²) in [6.07, 6.45) is 0.632. The quantitative estimate of drug-likeness (QED) is 0.775. The third-order valence-corrected chi connectivity index (χ3v) is 4.04. The summed E-state index contributed by atoms with van der Waals surface area (Å²) in [5.74, 6) is 0.0670. The molecular weight excluding hydrogens is 363 g/mol. The van der Waals surface area contributed by atoms with Gasteiger partial charge in [0.15, 0.2) is 0 Å². The van der Waals surface area contributed by atoms with Gasteiger partial charge in [-0.3, -0.25) is 9.59 Å². The van der Waals surface area contributed by atoms with E-state index in [-0.39, 0.29) is 23.0 Å². The van der Waals surface area contributed by atoms with Crippen molar-refractivity contribution in [1.82, 2.24) is 10.6 Å². The molecule has 25 heavy (non-hydrogen) atoms. The monoisotopic (exact) mass is 380 g/mol. The molecule has 0 aromatic heterocycles. The SMILES string of the molecule is COc1ccccc1CCNC(=O)CNC(=O)c1ccc(Cl)cc1Cl. The Morgan fingerprint density at radius 3 is 2.56 bits per heavy atom. The molecule has 0 aliphatic heterocycles. The number of hydrogen-bond acceptors (Lipinski definition) is 3. The number of para-hydroxylation sites is 1. The Labute approximate surface area is 156 Å². The lowest BCUT2D eigenvalue weighted by atomic mass is 10.1. The maximum absolute atomic E-state index is 12.0. The van der Waals surface area contributed by atoms with E-state index in [9.17, 15) is 9.59 Å². The molecule has 0 bridgehead atoms. The Morgan fingerprint density at radius 2 is 1.84 bits per heavy atom. The second kappa shape index (κ2) is 9.30. The van der Waals surface area contributed by atoms with E-state index < -0.39 is 5.91 Å². The van der Waals surface area contributed by atoms with Crippen LogP contribution in [0, 0.1) is 0 Å². The molecule has 0 radical (unpaired) electrons. The number of ether oxygens (including phenoxy) is 1. The smallest absolute Gasteiger partial charge is 0.253 e. The normalized spacial score (nSPS) is 10.2. The van der Waals surface area contributed by atoms with Crippen molar-refractivity contribution >= 4 is 35.0 Å². The number of nitrogens with one attached hydrogen (secondary N) is 2. The molecule has 0 saturated carbocycles. The van der Waals surface area contributed by atoms with E-state index in [2.05, 4.69) is 10.6 Å². The molecule has 0 atom stereocenters. The van der Waals surface area contributed by atoms with E-state index in [0.717, 1.165) is 11.3 Å². The van der Waals surface area contributed by atoms with Crippen molar-refractivity contribution in [1.29, 1.82) is 0 Å². The zero-order valence-electron chi connectivity index (χ0n) is 13.6. The number of halogens is 2. The van der Waals surface area contributed by atoms with Crippen LogP contribution in [0.25, 0.3) is 0 Å². The van der Waals surface area contributed by atoms with Gasteiger partial charge in [-0.15, -0.1) is 0 Å². The summed E-state index contributed by atoms with van der Waals surface area (Å²) in [5.41, 5.74) is 1.27. The number of methoxy groups -OCH3 is 1. The van der Waals surface area contributed by atoms with Gasteiger partial charge >= 0.3 is 0 Å². The molecule has 0 heterocycles. The standard InChI is InChI=1S/C18H18Cl2N2O3/c1-25-16-5-3-2-4-12(16)8-9-21-17(23)11-22-18(24)14-7-6-13(19)10-15(14)20/h2-7,10H,8-9,11H2,1H3,(H,21,23)(H,22,24). The summed E-state index contributed by atoms with van der Waals surface area (Å²) in [6.45, 7) is 0.306. The van der Waals surface area contributed by atoms with E-state index in [1.54, 1.807) is 13.2 Å². The fourth-order valence-corrected chi connectivity index (χ4v) is 2.73. The zero-order chi connectivity index (χ0) is 18.2. The third-order valence-electron chi connectivity index (χ3n) is 3.49. The molecular formula is C18H18Cl2N2O3. The Kier molecular flexibility index (Phi) is 7.10. The second-order valence-corrected chi connectivity index (χ2v) is 6.06. The molecule has 5 nitrogen and oxygen atoms in total. The molecule has 7 heteroatoms. The number of rotatable bonds is 7. The molecule has 2 aromatic carbocycles.